The Balaban J connectivity index is 1.38. The van der Waals surface area contributed by atoms with Crippen LogP contribution in [0.4, 0.5) is 23.3 Å². The molecule has 0 aliphatic carbocycles. The van der Waals surface area contributed by atoms with Crippen LogP contribution in [0.2, 0.25) is 0 Å². The number of amidine groups is 1. The van der Waals surface area contributed by atoms with E-state index in [0.29, 0.717) is 18.2 Å². The van der Waals surface area contributed by atoms with Crippen LogP contribution in [0.25, 0.3) is 6.08 Å². The summed E-state index contributed by atoms with van der Waals surface area (Å²) in [4.78, 5) is 22.5. The SMILES string of the molecule is C/C=C(C#CC1=Cc2cnc(Nc3ccc(N4CCNCC4)nc3O)nc2N2CCN=C12)\C=C/CC. The van der Waals surface area contributed by atoms with Crippen molar-refractivity contribution in [3.8, 4) is 17.7 Å². The fourth-order valence-electron chi connectivity index (χ4n) is 4.28. The molecule has 2 aromatic heterocycles. The lowest BCUT2D eigenvalue weighted by molar-refractivity contribution is 0.454. The number of nitrogens with zero attached hydrogens (tertiary/aromatic N) is 6. The molecule has 5 heterocycles. The van der Waals surface area contributed by atoms with E-state index < -0.39 is 0 Å². The molecule has 9 heteroatoms. The molecular weight excluding hydrogens is 452 g/mol. The highest BCUT2D eigenvalue weighted by molar-refractivity contribution is 6.19. The monoisotopic (exact) mass is 482 g/mol. The van der Waals surface area contributed by atoms with Gasteiger partial charge in [-0.05, 0) is 31.6 Å². The summed E-state index contributed by atoms with van der Waals surface area (Å²) in [5.74, 6) is 9.21. The first-order chi connectivity index (χ1) is 17.7. The lowest BCUT2D eigenvalue weighted by Gasteiger charge is -2.28. The molecule has 0 aromatic carbocycles. The minimum atomic E-state index is -0.0786. The van der Waals surface area contributed by atoms with Gasteiger partial charge >= 0.3 is 0 Å². The molecule has 0 bridgehead atoms. The van der Waals surface area contributed by atoms with Crippen LogP contribution in [0.15, 0.2) is 52.7 Å². The van der Waals surface area contributed by atoms with E-state index in [2.05, 4.69) is 60.2 Å². The minimum Gasteiger partial charge on any atom is -0.492 e. The van der Waals surface area contributed by atoms with E-state index in [1.54, 1.807) is 6.20 Å². The van der Waals surface area contributed by atoms with Crippen LogP contribution in [-0.4, -0.2) is 65.2 Å². The molecule has 3 N–H and O–H groups in total. The molecule has 0 unspecified atom stereocenters. The number of hydrogen-bond acceptors (Lipinski definition) is 9. The van der Waals surface area contributed by atoms with Crippen molar-refractivity contribution in [1.82, 2.24) is 20.3 Å². The average molecular weight is 483 g/mol. The number of aromatic nitrogens is 3. The molecule has 3 aliphatic rings. The van der Waals surface area contributed by atoms with Crippen molar-refractivity contribution in [1.29, 1.82) is 0 Å². The van der Waals surface area contributed by atoms with Gasteiger partial charge in [0.2, 0.25) is 11.8 Å². The molecule has 184 valence electrons. The zero-order valence-corrected chi connectivity index (χ0v) is 20.6. The Morgan fingerprint density at radius 2 is 2.08 bits per heavy atom. The van der Waals surface area contributed by atoms with E-state index in [4.69, 9.17) is 4.98 Å². The Morgan fingerprint density at radius 3 is 2.86 bits per heavy atom. The first-order valence-corrected chi connectivity index (χ1v) is 12.3. The molecule has 2 aromatic rings. The van der Waals surface area contributed by atoms with Gasteiger partial charge in [-0.15, -0.1) is 0 Å². The number of pyridine rings is 1. The number of rotatable bonds is 5. The van der Waals surface area contributed by atoms with Gasteiger partial charge in [-0.3, -0.25) is 4.99 Å². The van der Waals surface area contributed by atoms with E-state index >= 15 is 0 Å². The van der Waals surface area contributed by atoms with Crippen molar-refractivity contribution in [2.75, 3.05) is 54.4 Å². The number of anilines is 4. The molecule has 0 spiro atoms. The Kier molecular flexibility index (Phi) is 6.96. The molecule has 0 saturated carbocycles. The van der Waals surface area contributed by atoms with Gasteiger partial charge in [0.25, 0.3) is 0 Å². The summed E-state index contributed by atoms with van der Waals surface area (Å²) in [7, 11) is 0. The first-order valence-electron chi connectivity index (χ1n) is 12.3. The molecule has 3 aliphatic heterocycles. The number of aromatic hydroxyl groups is 1. The summed E-state index contributed by atoms with van der Waals surface area (Å²) in [6.45, 7) is 9.04. The van der Waals surface area contributed by atoms with Crippen LogP contribution in [0.1, 0.15) is 25.8 Å². The number of hydrogen-bond donors (Lipinski definition) is 3. The van der Waals surface area contributed by atoms with Crippen molar-refractivity contribution in [2.45, 2.75) is 20.3 Å². The van der Waals surface area contributed by atoms with Crippen LogP contribution >= 0.6 is 0 Å². The van der Waals surface area contributed by atoms with E-state index in [1.165, 1.54) is 0 Å². The van der Waals surface area contributed by atoms with Gasteiger partial charge in [0.05, 0.1) is 12.1 Å². The smallest absolute Gasteiger partial charge is 0.237 e. The standard InChI is InChI=1S/C27H30N8O/c1-3-5-6-19(4-2)7-8-20-17-21-18-30-27(33-25(21)35-16-13-29-24(20)35)31-22-9-10-23(32-26(22)36)34-14-11-28-12-15-34/h4-6,9-10,17-18,28H,3,11-16H2,1-2H3,(H,32,36)(H,30,31,33)/b6-5-,19-4+. The summed E-state index contributed by atoms with van der Waals surface area (Å²) in [5, 5.41) is 17.0. The van der Waals surface area contributed by atoms with Gasteiger partial charge in [0.1, 0.15) is 23.2 Å². The number of aliphatic imine (C=N–C) groups is 1. The zero-order valence-electron chi connectivity index (χ0n) is 20.6. The van der Waals surface area contributed by atoms with Crippen LogP contribution in [0.5, 0.6) is 5.88 Å². The Morgan fingerprint density at radius 1 is 1.22 bits per heavy atom. The van der Waals surface area contributed by atoms with Crippen molar-refractivity contribution < 1.29 is 5.11 Å². The van der Waals surface area contributed by atoms with Gasteiger partial charge in [-0.25, -0.2) is 4.98 Å². The van der Waals surface area contributed by atoms with Crippen LogP contribution in [0.3, 0.4) is 0 Å². The molecule has 1 saturated heterocycles. The molecular formula is C27H30N8O. The normalized spacial score (nSPS) is 17.2. The lowest BCUT2D eigenvalue weighted by atomic mass is 10.1. The zero-order chi connectivity index (χ0) is 24.9. The molecule has 0 amide bonds. The highest BCUT2D eigenvalue weighted by Crippen LogP contribution is 2.32. The van der Waals surface area contributed by atoms with E-state index in [1.807, 2.05) is 37.3 Å². The van der Waals surface area contributed by atoms with Crippen molar-refractivity contribution in [2.24, 2.45) is 4.99 Å². The van der Waals surface area contributed by atoms with E-state index in [-0.39, 0.29) is 5.88 Å². The maximum atomic E-state index is 10.5. The van der Waals surface area contributed by atoms with Gasteiger partial charge in [-0.2, -0.15) is 9.97 Å². The molecule has 0 atom stereocenters. The quantitative estimate of drug-likeness (QED) is 0.441. The van der Waals surface area contributed by atoms with E-state index in [0.717, 1.165) is 73.3 Å². The molecule has 0 radical (unpaired) electrons. The van der Waals surface area contributed by atoms with Crippen molar-refractivity contribution in [3.63, 3.8) is 0 Å². The fraction of sp³-hybridized carbons (Fsp3) is 0.333. The van der Waals surface area contributed by atoms with Crippen LogP contribution < -0.4 is 20.4 Å². The summed E-state index contributed by atoms with van der Waals surface area (Å²) >= 11 is 0. The third-order valence-corrected chi connectivity index (χ3v) is 6.17. The largest absolute Gasteiger partial charge is 0.492 e. The topological polar surface area (TPSA) is 102 Å². The summed E-state index contributed by atoms with van der Waals surface area (Å²) in [5.41, 5.74) is 3.18. The van der Waals surface area contributed by atoms with Gasteiger partial charge in [-0.1, -0.05) is 37.0 Å². The first kappa shape index (κ1) is 23.6. The number of allylic oxidation sites excluding steroid dienone is 4. The highest BCUT2D eigenvalue weighted by Gasteiger charge is 2.29. The minimum absolute atomic E-state index is 0.0786. The number of piperazine rings is 1. The number of fused-ring (bicyclic) bond motifs is 3. The summed E-state index contributed by atoms with van der Waals surface area (Å²) < 4.78 is 0. The Bertz CT molecular complexity index is 1330. The predicted molar refractivity (Wildman–Crippen MR) is 145 cm³/mol. The second-order valence-electron chi connectivity index (χ2n) is 8.59. The van der Waals surface area contributed by atoms with Crippen LogP contribution in [-0.2, 0) is 0 Å². The Labute approximate surface area is 211 Å². The Hall–Kier alpha value is -4.16. The molecule has 1 fully saturated rings. The highest BCUT2D eigenvalue weighted by atomic mass is 16.3. The predicted octanol–water partition coefficient (Wildman–Crippen LogP) is 3.26. The third-order valence-electron chi connectivity index (χ3n) is 6.17. The van der Waals surface area contributed by atoms with E-state index in [9.17, 15) is 5.11 Å². The molecule has 36 heavy (non-hydrogen) atoms. The van der Waals surface area contributed by atoms with Gasteiger partial charge in [0.15, 0.2) is 0 Å². The third kappa shape index (κ3) is 4.95. The average Bonchev–Trinajstić information content (AvgIpc) is 3.41. The summed E-state index contributed by atoms with van der Waals surface area (Å²) in [6.07, 6.45) is 10.9. The fourth-order valence-corrected chi connectivity index (χ4v) is 4.28. The second kappa shape index (κ2) is 10.6. The maximum Gasteiger partial charge on any atom is 0.237 e. The number of nitrogens with one attached hydrogen (secondary N) is 2. The summed E-state index contributed by atoms with van der Waals surface area (Å²) in [6, 6.07) is 3.71. The maximum absolute atomic E-state index is 10.5. The lowest BCUT2D eigenvalue weighted by Crippen LogP contribution is -2.43. The van der Waals surface area contributed by atoms with Gasteiger partial charge in [0, 0.05) is 50.1 Å². The second-order valence-corrected chi connectivity index (χ2v) is 8.59. The van der Waals surface area contributed by atoms with Crippen molar-refractivity contribution in [3.05, 3.63) is 53.3 Å². The van der Waals surface area contributed by atoms with Gasteiger partial charge < -0.3 is 25.5 Å². The molecule has 5 rings (SSSR count). The van der Waals surface area contributed by atoms with Crippen molar-refractivity contribution >= 4 is 35.2 Å². The van der Waals surface area contributed by atoms with Crippen LogP contribution in [0, 0.1) is 11.8 Å². The molecule has 9 nitrogen and oxygen atoms in total.